The molecule has 13 heavy (non-hydrogen) atoms. The Kier molecular flexibility index (Phi) is 3.33. The van der Waals surface area contributed by atoms with Crippen LogP contribution in [0, 0.1) is 0 Å². The van der Waals surface area contributed by atoms with Crippen molar-refractivity contribution in [2.45, 2.75) is 12.7 Å². The maximum Gasteiger partial charge on any atom is 0.154 e. The summed E-state index contributed by atoms with van der Waals surface area (Å²) in [4.78, 5) is 0. The van der Waals surface area contributed by atoms with E-state index in [1.165, 1.54) is 0 Å². The van der Waals surface area contributed by atoms with Crippen LogP contribution in [-0.2, 0) is 15.6 Å². The predicted octanol–water partition coefficient (Wildman–Crippen LogP) is 2.27. The third-order valence-corrected chi connectivity index (χ3v) is 3.64. The summed E-state index contributed by atoms with van der Waals surface area (Å²) >= 11 is 5.67. The third kappa shape index (κ3) is 3.36. The Morgan fingerprint density at radius 1 is 1.23 bits per heavy atom. The Bertz CT molecular complexity index is 367. The van der Waals surface area contributed by atoms with E-state index in [9.17, 15) is 8.42 Å². The van der Waals surface area contributed by atoms with E-state index in [-0.39, 0.29) is 11.5 Å². The van der Waals surface area contributed by atoms with Crippen molar-refractivity contribution < 1.29 is 8.42 Å². The minimum absolute atomic E-state index is 0.0979. The number of hydrogen-bond donors (Lipinski definition) is 0. The van der Waals surface area contributed by atoms with Crippen molar-refractivity contribution in [2.75, 3.05) is 5.75 Å². The molecule has 4 heteroatoms. The minimum atomic E-state index is -2.93. The van der Waals surface area contributed by atoms with Crippen LogP contribution in [0.25, 0.3) is 0 Å². The molecule has 0 amide bonds. The molecule has 0 radical (unpaired) electrons. The van der Waals surface area contributed by atoms with Crippen LogP contribution in [0.15, 0.2) is 24.3 Å². The second-order valence-electron chi connectivity index (χ2n) is 2.80. The first-order valence-corrected chi connectivity index (χ1v) is 6.18. The van der Waals surface area contributed by atoms with Crippen LogP contribution in [0.1, 0.15) is 12.5 Å². The molecule has 0 saturated carbocycles. The van der Waals surface area contributed by atoms with Crippen molar-refractivity contribution >= 4 is 21.4 Å². The van der Waals surface area contributed by atoms with E-state index in [2.05, 4.69) is 0 Å². The van der Waals surface area contributed by atoms with Crippen LogP contribution in [0.3, 0.4) is 0 Å². The molecule has 0 atom stereocenters. The molecule has 0 saturated heterocycles. The zero-order valence-electron chi connectivity index (χ0n) is 7.33. The van der Waals surface area contributed by atoms with Crippen LogP contribution in [-0.4, -0.2) is 14.2 Å². The molecule has 0 aliphatic rings. The average Bonchev–Trinajstić information content (AvgIpc) is 2.09. The van der Waals surface area contributed by atoms with Gasteiger partial charge in [0.05, 0.1) is 5.75 Å². The van der Waals surface area contributed by atoms with Crippen LogP contribution < -0.4 is 0 Å². The lowest BCUT2D eigenvalue weighted by molar-refractivity contribution is 0.596. The summed E-state index contributed by atoms with van der Waals surface area (Å²) in [5.74, 6) is 0.274. The highest BCUT2D eigenvalue weighted by atomic mass is 35.5. The van der Waals surface area contributed by atoms with Crippen LogP contribution in [0.2, 0.25) is 5.02 Å². The molecule has 2 nitrogen and oxygen atoms in total. The first-order chi connectivity index (χ1) is 6.03. The van der Waals surface area contributed by atoms with Gasteiger partial charge in [-0.15, -0.1) is 0 Å². The molecule has 0 spiro atoms. The Hall–Kier alpha value is -0.540. The first kappa shape index (κ1) is 10.5. The maximum absolute atomic E-state index is 11.2. The van der Waals surface area contributed by atoms with E-state index in [4.69, 9.17) is 11.6 Å². The van der Waals surface area contributed by atoms with Gasteiger partial charge in [-0.2, -0.15) is 0 Å². The number of halogens is 1. The normalized spacial score (nSPS) is 11.5. The molecule has 1 aromatic rings. The molecule has 72 valence electrons. The Morgan fingerprint density at radius 2 is 1.77 bits per heavy atom. The number of benzene rings is 1. The molecule has 0 heterocycles. The highest BCUT2D eigenvalue weighted by Crippen LogP contribution is 2.12. The molecular weight excluding hydrogens is 208 g/mol. The molecule has 0 fully saturated rings. The Balaban J connectivity index is 2.82. The summed E-state index contributed by atoms with van der Waals surface area (Å²) in [5, 5.41) is 0.623. The fourth-order valence-electron chi connectivity index (χ4n) is 0.937. The van der Waals surface area contributed by atoms with Gasteiger partial charge in [-0.05, 0) is 17.7 Å². The smallest absolute Gasteiger partial charge is 0.154 e. The lowest BCUT2D eigenvalue weighted by Gasteiger charge is -2.00. The summed E-state index contributed by atoms with van der Waals surface area (Å²) in [5.41, 5.74) is 0.784. The van der Waals surface area contributed by atoms with Gasteiger partial charge in [-0.1, -0.05) is 30.7 Å². The Labute approximate surface area is 83.5 Å². The molecule has 1 aromatic carbocycles. The van der Waals surface area contributed by atoms with Crippen molar-refractivity contribution in [1.82, 2.24) is 0 Å². The molecule has 0 aromatic heterocycles. The fraction of sp³-hybridized carbons (Fsp3) is 0.333. The largest absolute Gasteiger partial charge is 0.229 e. The van der Waals surface area contributed by atoms with Gasteiger partial charge in [0.1, 0.15) is 0 Å². The van der Waals surface area contributed by atoms with Crippen LogP contribution >= 0.6 is 11.6 Å². The van der Waals surface area contributed by atoms with Crippen molar-refractivity contribution in [3.8, 4) is 0 Å². The molecule has 0 aliphatic carbocycles. The summed E-state index contributed by atoms with van der Waals surface area (Å²) in [6.07, 6.45) is 0. The topological polar surface area (TPSA) is 34.1 Å². The second-order valence-corrected chi connectivity index (χ2v) is 5.59. The maximum atomic E-state index is 11.2. The number of rotatable bonds is 3. The van der Waals surface area contributed by atoms with Gasteiger partial charge in [-0.3, -0.25) is 0 Å². The van der Waals surface area contributed by atoms with Crippen molar-refractivity contribution in [1.29, 1.82) is 0 Å². The monoisotopic (exact) mass is 218 g/mol. The van der Waals surface area contributed by atoms with Gasteiger partial charge in [-0.25, -0.2) is 8.42 Å². The third-order valence-electron chi connectivity index (χ3n) is 1.74. The average molecular weight is 219 g/mol. The first-order valence-electron chi connectivity index (χ1n) is 3.98. The van der Waals surface area contributed by atoms with Crippen LogP contribution in [0.5, 0.6) is 0 Å². The lowest BCUT2D eigenvalue weighted by atomic mass is 10.2. The second kappa shape index (κ2) is 4.11. The predicted molar refractivity (Wildman–Crippen MR) is 54.6 cm³/mol. The molecule has 0 aliphatic heterocycles. The van der Waals surface area contributed by atoms with E-state index >= 15 is 0 Å². The van der Waals surface area contributed by atoms with Crippen molar-refractivity contribution in [3.63, 3.8) is 0 Å². The lowest BCUT2D eigenvalue weighted by Crippen LogP contribution is -2.06. The fourth-order valence-corrected chi connectivity index (χ4v) is 1.97. The standard InChI is InChI=1S/C9H11ClO2S/c1-2-13(11,12)7-8-3-5-9(10)6-4-8/h3-6H,2,7H2,1H3. The molecule has 0 N–H and O–H groups in total. The highest BCUT2D eigenvalue weighted by molar-refractivity contribution is 7.90. The number of sulfone groups is 1. The summed E-state index contributed by atoms with van der Waals surface area (Å²) in [7, 11) is -2.93. The molecule has 0 unspecified atom stereocenters. The van der Waals surface area contributed by atoms with E-state index < -0.39 is 9.84 Å². The quantitative estimate of drug-likeness (QED) is 0.780. The SMILES string of the molecule is CCS(=O)(=O)Cc1ccc(Cl)cc1. The minimum Gasteiger partial charge on any atom is -0.229 e. The summed E-state index contributed by atoms with van der Waals surface area (Å²) < 4.78 is 22.4. The van der Waals surface area contributed by atoms with Gasteiger partial charge < -0.3 is 0 Å². The van der Waals surface area contributed by atoms with Crippen LogP contribution in [0.4, 0.5) is 0 Å². The Morgan fingerprint density at radius 3 is 2.23 bits per heavy atom. The van der Waals surface area contributed by atoms with Crippen molar-refractivity contribution in [2.24, 2.45) is 0 Å². The van der Waals surface area contributed by atoms with Gasteiger partial charge in [0.15, 0.2) is 9.84 Å². The van der Waals surface area contributed by atoms with Gasteiger partial charge in [0.25, 0.3) is 0 Å². The van der Waals surface area contributed by atoms with E-state index in [1.807, 2.05) is 0 Å². The van der Waals surface area contributed by atoms with Gasteiger partial charge >= 0.3 is 0 Å². The summed E-state index contributed by atoms with van der Waals surface area (Å²) in [6.45, 7) is 1.64. The molecular formula is C9H11ClO2S. The van der Waals surface area contributed by atoms with Gasteiger partial charge in [0, 0.05) is 10.8 Å². The van der Waals surface area contributed by atoms with E-state index in [0.717, 1.165) is 5.56 Å². The molecule has 0 bridgehead atoms. The van der Waals surface area contributed by atoms with Crippen molar-refractivity contribution in [3.05, 3.63) is 34.9 Å². The zero-order valence-corrected chi connectivity index (χ0v) is 8.90. The number of hydrogen-bond acceptors (Lipinski definition) is 2. The van der Waals surface area contributed by atoms with E-state index in [1.54, 1.807) is 31.2 Å². The van der Waals surface area contributed by atoms with E-state index in [0.29, 0.717) is 5.02 Å². The highest BCUT2D eigenvalue weighted by Gasteiger charge is 2.07. The zero-order chi connectivity index (χ0) is 9.90. The molecule has 1 rings (SSSR count). The summed E-state index contributed by atoms with van der Waals surface area (Å²) in [6, 6.07) is 6.86. The van der Waals surface area contributed by atoms with Gasteiger partial charge in [0.2, 0.25) is 0 Å².